The molecule has 0 N–H and O–H groups in total. The van der Waals surface area contributed by atoms with E-state index in [9.17, 15) is 8.78 Å². The van der Waals surface area contributed by atoms with Crippen LogP contribution in [0.2, 0.25) is 0 Å². The molecule has 15 heavy (non-hydrogen) atoms. The summed E-state index contributed by atoms with van der Waals surface area (Å²) >= 11 is 6.99. The average Bonchev–Trinajstić information content (AvgIpc) is 2.67. The average molecular weight is 256 g/mol. The zero-order valence-corrected chi connectivity index (χ0v) is 9.82. The molecule has 0 aliphatic carbocycles. The quantitative estimate of drug-likeness (QED) is 0.725. The minimum Gasteiger partial charge on any atom is -0.365 e. The largest absolute Gasteiger partial charge is 0.365 e. The lowest BCUT2D eigenvalue weighted by molar-refractivity contribution is -0.0266. The van der Waals surface area contributed by atoms with E-state index in [4.69, 9.17) is 16.3 Å². The summed E-state index contributed by atoms with van der Waals surface area (Å²) in [5, 5.41) is 2.53. The highest BCUT2D eigenvalue weighted by Crippen LogP contribution is 2.25. The molecule has 6 heteroatoms. The van der Waals surface area contributed by atoms with Gasteiger partial charge < -0.3 is 4.74 Å². The van der Waals surface area contributed by atoms with Gasteiger partial charge in [0.05, 0.1) is 11.6 Å². The monoisotopic (exact) mass is 255 g/mol. The van der Waals surface area contributed by atoms with Crippen LogP contribution in [0, 0.1) is 0 Å². The number of thiazole rings is 1. The van der Waals surface area contributed by atoms with E-state index in [1.54, 1.807) is 0 Å². The minimum atomic E-state index is -2.44. The Kier molecular flexibility index (Phi) is 5.42. The van der Waals surface area contributed by atoms with Crippen molar-refractivity contribution in [2.24, 2.45) is 0 Å². The zero-order valence-electron chi connectivity index (χ0n) is 8.25. The van der Waals surface area contributed by atoms with Gasteiger partial charge in [0.15, 0.2) is 0 Å². The van der Waals surface area contributed by atoms with Gasteiger partial charge in [-0.3, -0.25) is 0 Å². The number of alkyl halides is 3. The summed E-state index contributed by atoms with van der Waals surface area (Å²) in [6, 6.07) is 0. The van der Waals surface area contributed by atoms with Crippen LogP contribution < -0.4 is 0 Å². The van der Waals surface area contributed by atoms with Crippen molar-refractivity contribution in [2.75, 3.05) is 6.61 Å². The highest BCUT2D eigenvalue weighted by atomic mass is 35.5. The van der Waals surface area contributed by atoms with E-state index in [0.29, 0.717) is 17.3 Å². The molecule has 1 rings (SSSR count). The summed E-state index contributed by atoms with van der Waals surface area (Å²) in [6.07, 6.45) is -2.16. The molecule has 0 saturated carbocycles. The lowest BCUT2D eigenvalue weighted by atomic mass is 10.3. The van der Waals surface area contributed by atoms with Gasteiger partial charge in [0, 0.05) is 5.38 Å². The van der Waals surface area contributed by atoms with Crippen LogP contribution in [0.1, 0.15) is 30.2 Å². The fraction of sp³-hybridized carbons (Fsp3) is 0.667. The molecule has 0 radical (unpaired) electrons. The maximum absolute atomic E-state index is 12.0. The van der Waals surface area contributed by atoms with E-state index in [1.165, 1.54) is 11.3 Å². The first-order valence-electron chi connectivity index (χ1n) is 4.57. The maximum atomic E-state index is 12.0. The first kappa shape index (κ1) is 12.8. The number of halogens is 3. The molecule has 1 atom stereocenters. The van der Waals surface area contributed by atoms with Gasteiger partial charge in [0.25, 0.3) is 6.43 Å². The van der Waals surface area contributed by atoms with Gasteiger partial charge in [0.1, 0.15) is 17.7 Å². The summed E-state index contributed by atoms with van der Waals surface area (Å²) in [6.45, 7) is 1.33. The molecular formula is C9H12ClF2NOS. The number of rotatable bonds is 6. The third kappa shape index (κ3) is 4.01. The zero-order chi connectivity index (χ0) is 11.3. The molecular weight excluding hydrogens is 244 g/mol. The van der Waals surface area contributed by atoms with Gasteiger partial charge >= 0.3 is 0 Å². The topological polar surface area (TPSA) is 22.1 Å². The first-order valence-corrected chi connectivity index (χ1v) is 5.98. The summed E-state index contributed by atoms with van der Waals surface area (Å²) in [5.74, 6) is 0.335. The fourth-order valence-electron chi connectivity index (χ4n) is 1.08. The summed E-state index contributed by atoms with van der Waals surface area (Å²) < 4.78 is 29.0. The minimum absolute atomic E-state index is 0.335. The predicted octanol–water partition coefficient (Wildman–Crippen LogP) is 3.61. The molecule has 2 nitrogen and oxygen atoms in total. The molecule has 1 unspecified atom stereocenters. The first-order chi connectivity index (χ1) is 7.17. The Hall–Kier alpha value is -0.260. The van der Waals surface area contributed by atoms with Gasteiger partial charge in [-0.25, -0.2) is 13.8 Å². The van der Waals surface area contributed by atoms with Crippen molar-refractivity contribution in [2.45, 2.75) is 31.8 Å². The fourth-order valence-corrected chi connectivity index (χ4v) is 2.26. The van der Waals surface area contributed by atoms with Crippen LogP contribution in [-0.4, -0.2) is 18.0 Å². The smallest absolute Gasteiger partial charge is 0.261 e. The molecule has 86 valence electrons. The van der Waals surface area contributed by atoms with Crippen molar-refractivity contribution in [3.05, 3.63) is 16.1 Å². The Morgan fingerprint density at radius 2 is 2.33 bits per heavy atom. The van der Waals surface area contributed by atoms with Crippen LogP contribution in [0.25, 0.3) is 0 Å². The van der Waals surface area contributed by atoms with E-state index in [1.807, 2.05) is 12.3 Å². The number of hydrogen-bond acceptors (Lipinski definition) is 3. The lowest BCUT2D eigenvalue weighted by Gasteiger charge is -2.12. The van der Waals surface area contributed by atoms with Crippen LogP contribution in [0.4, 0.5) is 8.78 Å². The van der Waals surface area contributed by atoms with E-state index < -0.39 is 13.0 Å². The molecule has 0 fully saturated rings. The molecule has 1 aromatic heterocycles. The third-order valence-corrected chi connectivity index (χ3v) is 3.04. The van der Waals surface area contributed by atoms with E-state index >= 15 is 0 Å². The van der Waals surface area contributed by atoms with E-state index in [2.05, 4.69) is 4.98 Å². The SMILES string of the molecule is CCC(OCC(F)F)c1nc(CCl)cs1. The van der Waals surface area contributed by atoms with Crippen molar-refractivity contribution in [3.8, 4) is 0 Å². The third-order valence-electron chi connectivity index (χ3n) is 1.78. The molecule has 1 aromatic rings. The maximum Gasteiger partial charge on any atom is 0.261 e. The molecule has 0 spiro atoms. The molecule has 1 heterocycles. The van der Waals surface area contributed by atoms with Crippen molar-refractivity contribution < 1.29 is 13.5 Å². The van der Waals surface area contributed by atoms with Crippen molar-refractivity contribution >= 4 is 22.9 Å². The Morgan fingerprint density at radius 3 is 2.80 bits per heavy atom. The Morgan fingerprint density at radius 1 is 1.60 bits per heavy atom. The van der Waals surface area contributed by atoms with Gasteiger partial charge in [-0.1, -0.05) is 6.92 Å². The Balaban J connectivity index is 2.57. The van der Waals surface area contributed by atoms with Crippen LogP contribution >= 0.6 is 22.9 Å². The molecule has 0 aliphatic heterocycles. The molecule has 0 bridgehead atoms. The summed E-state index contributed by atoms with van der Waals surface area (Å²) in [4.78, 5) is 4.19. The highest BCUT2D eigenvalue weighted by Gasteiger charge is 2.16. The summed E-state index contributed by atoms with van der Waals surface area (Å²) in [7, 11) is 0. The van der Waals surface area contributed by atoms with Crippen LogP contribution in [0.3, 0.4) is 0 Å². The second kappa shape index (κ2) is 6.35. The van der Waals surface area contributed by atoms with Gasteiger partial charge in [0.2, 0.25) is 0 Å². The Labute approximate surface area is 96.2 Å². The number of aromatic nitrogens is 1. The second-order valence-corrected chi connectivity index (χ2v) is 4.09. The van der Waals surface area contributed by atoms with Gasteiger partial charge in [-0.05, 0) is 6.42 Å². The summed E-state index contributed by atoms with van der Waals surface area (Å²) in [5.41, 5.74) is 0.760. The van der Waals surface area contributed by atoms with Crippen molar-refractivity contribution in [3.63, 3.8) is 0 Å². The molecule has 0 amide bonds. The molecule has 0 aliphatic rings. The van der Waals surface area contributed by atoms with E-state index in [-0.39, 0.29) is 6.10 Å². The van der Waals surface area contributed by atoms with Crippen molar-refractivity contribution in [1.29, 1.82) is 0 Å². The van der Waals surface area contributed by atoms with Crippen LogP contribution in [0.15, 0.2) is 5.38 Å². The molecule has 0 aromatic carbocycles. The number of ether oxygens (including phenoxy) is 1. The Bertz CT molecular complexity index is 295. The second-order valence-electron chi connectivity index (χ2n) is 2.93. The standard InChI is InChI=1S/C9H12ClF2NOS/c1-2-7(14-4-8(11)12)9-13-6(3-10)5-15-9/h5,7-8H,2-4H2,1H3. The number of nitrogens with zero attached hydrogens (tertiary/aromatic N) is 1. The predicted molar refractivity (Wildman–Crippen MR) is 56.7 cm³/mol. The van der Waals surface area contributed by atoms with Crippen molar-refractivity contribution in [1.82, 2.24) is 4.98 Å². The van der Waals surface area contributed by atoms with Crippen LogP contribution in [0.5, 0.6) is 0 Å². The number of hydrogen-bond donors (Lipinski definition) is 0. The lowest BCUT2D eigenvalue weighted by Crippen LogP contribution is -2.10. The van der Waals surface area contributed by atoms with Crippen LogP contribution in [-0.2, 0) is 10.6 Å². The normalized spacial score (nSPS) is 13.4. The molecule has 0 saturated heterocycles. The van der Waals surface area contributed by atoms with Gasteiger partial charge in [-0.2, -0.15) is 0 Å². The van der Waals surface area contributed by atoms with E-state index in [0.717, 1.165) is 5.69 Å². The van der Waals surface area contributed by atoms with Gasteiger partial charge in [-0.15, -0.1) is 22.9 Å². The highest BCUT2D eigenvalue weighted by molar-refractivity contribution is 7.09.